The molecule has 0 spiro atoms. The first-order chi connectivity index (χ1) is 17.2. The Balaban J connectivity index is 3.77. The highest BCUT2D eigenvalue weighted by Gasteiger charge is 2.40. The van der Waals surface area contributed by atoms with E-state index >= 15 is 0 Å². The van der Waals surface area contributed by atoms with Gasteiger partial charge in [-0.2, -0.15) is 0 Å². The van der Waals surface area contributed by atoms with Gasteiger partial charge in [0.15, 0.2) is 0 Å². The Bertz CT molecular complexity index is 843. The van der Waals surface area contributed by atoms with E-state index in [-0.39, 0.29) is 0 Å². The molecule has 1 aromatic carbocycles. The maximum atomic E-state index is 11.5. The van der Waals surface area contributed by atoms with E-state index in [0.717, 1.165) is 14.7 Å². The molecule has 15 nitrogen and oxygen atoms in total. The van der Waals surface area contributed by atoms with Crippen molar-refractivity contribution < 1.29 is 59.4 Å². The molecule has 0 heterocycles. The lowest BCUT2D eigenvalue weighted by atomic mass is 9.78. The van der Waals surface area contributed by atoms with Crippen LogP contribution in [0.25, 0.3) is 0 Å². The zero-order chi connectivity index (χ0) is 28.2. The van der Waals surface area contributed by atoms with E-state index in [2.05, 4.69) is 0 Å². The van der Waals surface area contributed by atoms with Gasteiger partial charge in [0.2, 0.25) is 0 Å². The zero-order valence-electron chi connectivity index (χ0n) is 19.7. The van der Waals surface area contributed by atoms with E-state index in [9.17, 15) is 59.4 Å². The highest BCUT2D eigenvalue weighted by atomic mass is 16.4. The van der Waals surface area contributed by atoms with Crippen LogP contribution in [0.4, 0.5) is 0 Å². The third-order valence-electron chi connectivity index (χ3n) is 5.12. The van der Waals surface area contributed by atoms with E-state index in [1.165, 1.54) is 0 Å². The van der Waals surface area contributed by atoms with Crippen LogP contribution in [0.1, 0.15) is 5.56 Å². The highest BCUT2D eigenvalue weighted by molar-refractivity contribution is 5.74. The van der Waals surface area contributed by atoms with E-state index in [0.29, 0.717) is 5.56 Å². The Morgan fingerprint density at radius 2 is 0.730 bits per heavy atom. The first-order valence-electron chi connectivity index (χ1n) is 10.8. The summed E-state index contributed by atoms with van der Waals surface area (Å²) in [6.45, 7) is -5.85. The molecule has 0 aromatic heterocycles. The molecule has 37 heavy (non-hydrogen) atoms. The van der Waals surface area contributed by atoms with Crippen molar-refractivity contribution in [1.29, 1.82) is 0 Å². The van der Waals surface area contributed by atoms with Gasteiger partial charge in [-0.1, -0.05) is 30.3 Å². The number of aliphatic carboxylic acids is 6. The molecule has 0 saturated carbocycles. The molecular formula is C22H29N3O12. The smallest absolute Gasteiger partial charge is 0.317 e. The van der Waals surface area contributed by atoms with Gasteiger partial charge in [-0.3, -0.25) is 43.5 Å². The summed E-state index contributed by atoms with van der Waals surface area (Å²) in [6, 6.07) is 7.85. The summed E-state index contributed by atoms with van der Waals surface area (Å²) in [5.74, 6) is -8.31. The molecule has 204 valence electrons. The van der Waals surface area contributed by atoms with Crippen molar-refractivity contribution in [2.75, 3.05) is 58.9 Å². The normalized spacial score (nSPS) is 11.5. The minimum absolute atomic E-state index is 0.359. The molecule has 0 amide bonds. The molecule has 0 bridgehead atoms. The van der Waals surface area contributed by atoms with Crippen molar-refractivity contribution in [2.45, 2.75) is 5.41 Å². The highest BCUT2D eigenvalue weighted by Crippen LogP contribution is 2.29. The predicted molar refractivity (Wildman–Crippen MR) is 123 cm³/mol. The van der Waals surface area contributed by atoms with E-state index in [1.807, 2.05) is 0 Å². The van der Waals surface area contributed by atoms with Crippen LogP contribution < -0.4 is 0 Å². The molecule has 0 saturated heterocycles. The van der Waals surface area contributed by atoms with Crippen molar-refractivity contribution in [3.05, 3.63) is 35.9 Å². The number of carboxylic acid groups (broad SMARTS) is 6. The van der Waals surface area contributed by atoms with Crippen LogP contribution >= 0.6 is 0 Å². The number of carbonyl (C=O) groups is 6. The average molecular weight is 527 g/mol. The lowest BCUT2D eigenvalue weighted by molar-refractivity contribution is -0.143. The molecule has 1 rings (SSSR count). The van der Waals surface area contributed by atoms with Crippen molar-refractivity contribution in [3.63, 3.8) is 0 Å². The van der Waals surface area contributed by atoms with E-state index in [4.69, 9.17) is 0 Å². The second-order valence-corrected chi connectivity index (χ2v) is 8.44. The minimum Gasteiger partial charge on any atom is -0.480 e. The van der Waals surface area contributed by atoms with Crippen LogP contribution in [0, 0.1) is 0 Å². The second kappa shape index (κ2) is 14.5. The third-order valence-corrected chi connectivity index (χ3v) is 5.12. The number of benzene rings is 1. The van der Waals surface area contributed by atoms with E-state index in [1.54, 1.807) is 30.3 Å². The lowest BCUT2D eigenvalue weighted by Crippen LogP contribution is -2.58. The molecule has 0 fully saturated rings. The Labute approximate surface area is 210 Å². The van der Waals surface area contributed by atoms with Crippen molar-refractivity contribution in [2.24, 2.45) is 0 Å². The minimum atomic E-state index is -1.53. The van der Waals surface area contributed by atoms with Crippen LogP contribution in [0.3, 0.4) is 0 Å². The summed E-state index contributed by atoms with van der Waals surface area (Å²) in [4.78, 5) is 71.9. The molecule has 0 radical (unpaired) electrons. The lowest BCUT2D eigenvalue weighted by Gasteiger charge is -2.43. The molecule has 15 heteroatoms. The van der Waals surface area contributed by atoms with Gasteiger partial charge in [0, 0.05) is 25.0 Å². The Hall–Kier alpha value is -4.08. The monoisotopic (exact) mass is 527 g/mol. The second-order valence-electron chi connectivity index (χ2n) is 8.44. The molecular weight excluding hydrogens is 498 g/mol. The number of carboxylic acids is 6. The summed E-state index contributed by atoms with van der Waals surface area (Å²) in [5, 5.41) is 56.0. The Morgan fingerprint density at radius 1 is 0.486 bits per heavy atom. The van der Waals surface area contributed by atoms with Gasteiger partial charge in [0.25, 0.3) is 0 Å². The zero-order valence-corrected chi connectivity index (χ0v) is 19.7. The molecule has 0 aliphatic rings. The summed E-state index contributed by atoms with van der Waals surface area (Å²) >= 11 is 0. The molecule has 0 aliphatic carbocycles. The van der Waals surface area contributed by atoms with Crippen molar-refractivity contribution >= 4 is 35.8 Å². The third kappa shape index (κ3) is 11.9. The number of hydrogen-bond donors (Lipinski definition) is 6. The van der Waals surface area contributed by atoms with Gasteiger partial charge in [-0.25, -0.2) is 0 Å². The van der Waals surface area contributed by atoms with Gasteiger partial charge in [0.05, 0.1) is 39.3 Å². The van der Waals surface area contributed by atoms with Crippen molar-refractivity contribution in [3.8, 4) is 0 Å². The summed E-state index contributed by atoms with van der Waals surface area (Å²) in [5.41, 5.74) is -1.17. The first kappa shape index (κ1) is 31.0. The topological polar surface area (TPSA) is 234 Å². The molecule has 6 N–H and O–H groups in total. The summed E-state index contributed by atoms with van der Waals surface area (Å²) in [7, 11) is 0. The fourth-order valence-corrected chi connectivity index (χ4v) is 4.15. The number of rotatable bonds is 19. The first-order valence-corrected chi connectivity index (χ1v) is 10.8. The van der Waals surface area contributed by atoms with Crippen LogP contribution in [-0.4, -0.2) is 140 Å². The maximum Gasteiger partial charge on any atom is 0.317 e. The van der Waals surface area contributed by atoms with Crippen LogP contribution in [0.5, 0.6) is 0 Å². The largest absolute Gasteiger partial charge is 0.480 e. The molecule has 0 unspecified atom stereocenters. The average Bonchev–Trinajstić information content (AvgIpc) is 2.71. The molecule has 0 atom stereocenters. The Morgan fingerprint density at radius 3 is 0.946 bits per heavy atom. The fraction of sp³-hybridized carbons (Fsp3) is 0.455. The SMILES string of the molecule is O=C(O)CN(CC(=O)O)CC(CN(CC(=O)O)CC(=O)O)(CN(CC(=O)O)CC(=O)O)c1ccccc1. The quantitative estimate of drug-likeness (QED) is 0.118. The van der Waals surface area contributed by atoms with Crippen LogP contribution in [-0.2, 0) is 34.2 Å². The maximum absolute atomic E-state index is 11.5. The number of hydrogen-bond acceptors (Lipinski definition) is 9. The summed E-state index contributed by atoms with van der Waals surface area (Å²) in [6.07, 6.45) is 0. The summed E-state index contributed by atoms with van der Waals surface area (Å²) < 4.78 is 0. The van der Waals surface area contributed by atoms with Gasteiger partial charge in [0.1, 0.15) is 0 Å². The standard InChI is InChI=1S/C22H29N3O12/c26-16(27)6-23(7-17(28)29)12-22(15-4-2-1-3-5-15,13-24(8-18(30)31)9-19(32)33)14-25(10-20(34)35)11-21(36)37/h1-5H,6-14H2,(H,26,27)(H,28,29)(H,30,31)(H,32,33)(H,34,35)(H,36,37). The molecule has 1 aromatic rings. The predicted octanol–water partition coefficient (Wildman–Crippen LogP) is -1.66. The van der Waals surface area contributed by atoms with Gasteiger partial charge < -0.3 is 30.6 Å². The van der Waals surface area contributed by atoms with E-state index < -0.39 is 100 Å². The number of nitrogens with zero attached hydrogens (tertiary/aromatic N) is 3. The fourth-order valence-electron chi connectivity index (χ4n) is 4.15. The van der Waals surface area contributed by atoms with Gasteiger partial charge >= 0.3 is 35.8 Å². The van der Waals surface area contributed by atoms with Gasteiger partial charge in [-0.15, -0.1) is 0 Å². The van der Waals surface area contributed by atoms with Gasteiger partial charge in [-0.05, 0) is 5.56 Å². The molecule has 0 aliphatic heterocycles. The Kier molecular flexibility index (Phi) is 12.1. The van der Waals surface area contributed by atoms with Crippen LogP contribution in [0.2, 0.25) is 0 Å². The van der Waals surface area contributed by atoms with Crippen LogP contribution in [0.15, 0.2) is 30.3 Å². The van der Waals surface area contributed by atoms with Crippen molar-refractivity contribution in [1.82, 2.24) is 14.7 Å².